The van der Waals surface area contributed by atoms with E-state index in [9.17, 15) is 0 Å². The highest BCUT2D eigenvalue weighted by Gasteiger charge is 2.20. The maximum Gasteiger partial charge on any atom is 0.145 e. The molecule has 0 aliphatic heterocycles. The van der Waals surface area contributed by atoms with Crippen LogP contribution in [0.25, 0.3) is 77.3 Å². The van der Waals surface area contributed by atoms with Crippen LogP contribution in [-0.2, 0) is 0 Å². The molecule has 9 rings (SSSR count). The van der Waals surface area contributed by atoms with Gasteiger partial charge in [-0.2, -0.15) is 0 Å². The second kappa shape index (κ2) is 8.88. The normalized spacial score (nSPS) is 11.8. The summed E-state index contributed by atoms with van der Waals surface area (Å²) in [4.78, 5) is 10.1. The third-order valence-electron chi connectivity index (χ3n) is 8.36. The summed E-state index contributed by atoms with van der Waals surface area (Å²) in [6.07, 6.45) is 1.87. The summed E-state index contributed by atoms with van der Waals surface area (Å²) >= 11 is 0. The molecule has 4 nitrogen and oxygen atoms in total. The molecule has 4 heteroatoms. The van der Waals surface area contributed by atoms with Gasteiger partial charge in [-0.15, -0.1) is 0 Å². The van der Waals surface area contributed by atoms with Crippen molar-refractivity contribution in [3.05, 3.63) is 146 Å². The number of fused-ring (bicyclic) bond motifs is 9. The molecule has 6 aromatic carbocycles. The third kappa shape index (κ3) is 3.23. The van der Waals surface area contributed by atoms with Crippen molar-refractivity contribution in [3.63, 3.8) is 0 Å². The largest absolute Gasteiger partial charge is 0.294 e. The average molecular weight is 537 g/mol. The number of rotatable bonds is 3. The first-order valence-corrected chi connectivity index (χ1v) is 14.2. The number of hydrogen-bond donors (Lipinski definition) is 0. The highest BCUT2D eigenvalue weighted by Crippen LogP contribution is 2.39. The number of imidazole rings is 1. The van der Waals surface area contributed by atoms with Crippen LogP contribution < -0.4 is 0 Å². The quantitative estimate of drug-likeness (QED) is 0.211. The van der Waals surface area contributed by atoms with Crippen molar-refractivity contribution in [2.75, 3.05) is 0 Å². The Labute approximate surface area is 241 Å². The van der Waals surface area contributed by atoms with E-state index in [1.165, 1.54) is 21.5 Å². The molecular formula is C38H24N4. The van der Waals surface area contributed by atoms with Crippen molar-refractivity contribution >= 4 is 54.5 Å². The van der Waals surface area contributed by atoms with Gasteiger partial charge in [-0.1, -0.05) is 97.1 Å². The first-order valence-electron chi connectivity index (χ1n) is 14.2. The van der Waals surface area contributed by atoms with Crippen molar-refractivity contribution in [1.29, 1.82) is 0 Å². The Morgan fingerprint density at radius 3 is 1.76 bits per heavy atom. The van der Waals surface area contributed by atoms with Crippen LogP contribution in [0.5, 0.6) is 0 Å². The van der Waals surface area contributed by atoms with E-state index in [0.717, 1.165) is 55.7 Å². The van der Waals surface area contributed by atoms with Crippen molar-refractivity contribution in [3.8, 4) is 22.8 Å². The zero-order valence-corrected chi connectivity index (χ0v) is 22.6. The van der Waals surface area contributed by atoms with E-state index >= 15 is 0 Å². The van der Waals surface area contributed by atoms with E-state index in [1.54, 1.807) is 0 Å². The molecule has 0 saturated carbocycles. The Kier molecular flexibility index (Phi) is 4.87. The Balaban J connectivity index is 1.35. The van der Waals surface area contributed by atoms with Crippen LogP contribution in [0.3, 0.4) is 0 Å². The SMILES string of the molecule is c1ccc(-c2nc3c4ccccc4c4ccccc4c3n2-c2ccc(-n3c4ccccc4c4cccnc43)cc2)cc1. The standard InChI is InChI=1S/C38H24N4/c1-2-11-25(12-3-1)37-40-35-31-16-6-4-13-28(31)29-14-5-7-17-32(29)36(35)42(37)27-22-20-26(21-23-27)41-34-19-9-8-15-30(34)33-18-10-24-39-38(33)41/h1-24H. The molecule has 0 N–H and O–H groups in total. The fourth-order valence-electron chi connectivity index (χ4n) is 6.55. The lowest BCUT2D eigenvalue weighted by Crippen LogP contribution is -2.00. The Morgan fingerprint density at radius 2 is 1.00 bits per heavy atom. The number of nitrogens with zero attached hydrogens (tertiary/aromatic N) is 4. The molecule has 0 aliphatic rings. The van der Waals surface area contributed by atoms with Gasteiger partial charge >= 0.3 is 0 Å². The lowest BCUT2D eigenvalue weighted by atomic mass is 10.00. The van der Waals surface area contributed by atoms with Gasteiger partial charge in [0.05, 0.1) is 16.6 Å². The highest BCUT2D eigenvalue weighted by molar-refractivity contribution is 6.24. The summed E-state index contributed by atoms with van der Waals surface area (Å²) in [5.74, 6) is 0.929. The summed E-state index contributed by atoms with van der Waals surface area (Å²) in [7, 11) is 0. The lowest BCUT2D eigenvalue weighted by Gasteiger charge is -2.14. The number of hydrogen-bond acceptors (Lipinski definition) is 2. The molecule has 0 amide bonds. The second-order valence-corrected chi connectivity index (χ2v) is 10.7. The number of benzene rings is 6. The van der Waals surface area contributed by atoms with Gasteiger partial charge in [0.1, 0.15) is 11.5 Å². The van der Waals surface area contributed by atoms with Gasteiger partial charge in [-0.05, 0) is 53.2 Å². The smallest absolute Gasteiger partial charge is 0.145 e. The van der Waals surface area contributed by atoms with Crippen LogP contribution in [0.1, 0.15) is 0 Å². The minimum atomic E-state index is 0.929. The number of aromatic nitrogens is 4. The van der Waals surface area contributed by atoms with Crippen molar-refractivity contribution < 1.29 is 0 Å². The van der Waals surface area contributed by atoms with Crippen LogP contribution in [-0.4, -0.2) is 19.1 Å². The lowest BCUT2D eigenvalue weighted by molar-refractivity contribution is 1.09. The predicted molar refractivity (Wildman–Crippen MR) is 174 cm³/mol. The fraction of sp³-hybridized carbons (Fsp3) is 0. The average Bonchev–Trinajstić information content (AvgIpc) is 3.63. The van der Waals surface area contributed by atoms with Gasteiger partial charge in [0.25, 0.3) is 0 Å². The maximum absolute atomic E-state index is 5.34. The molecule has 42 heavy (non-hydrogen) atoms. The molecule has 3 heterocycles. The Hall–Kier alpha value is -5.74. The summed E-state index contributed by atoms with van der Waals surface area (Å²) in [5.41, 5.74) is 7.46. The van der Waals surface area contributed by atoms with Gasteiger partial charge in [-0.3, -0.25) is 9.13 Å². The molecule has 9 aromatic rings. The molecular weight excluding hydrogens is 512 g/mol. The highest BCUT2D eigenvalue weighted by atomic mass is 15.1. The summed E-state index contributed by atoms with van der Waals surface area (Å²) in [6, 6.07) is 49.2. The maximum atomic E-state index is 5.34. The van der Waals surface area contributed by atoms with Crippen LogP contribution in [0.2, 0.25) is 0 Å². The molecule has 0 aliphatic carbocycles. The van der Waals surface area contributed by atoms with Gasteiger partial charge in [0.15, 0.2) is 0 Å². The van der Waals surface area contributed by atoms with Crippen LogP contribution in [0.4, 0.5) is 0 Å². The van der Waals surface area contributed by atoms with Crippen LogP contribution in [0, 0.1) is 0 Å². The van der Waals surface area contributed by atoms with E-state index in [1.807, 2.05) is 12.3 Å². The predicted octanol–water partition coefficient (Wildman–Crippen LogP) is 9.49. The van der Waals surface area contributed by atoms with Crippen LogP contribution >= 0.6 is 0 Å². The Bertz CT molecular complexity index is 2400. The number of para-hydroxylation sites is 1. The summed E-state index contributed by atoms with van der Waals surface area (Å²) < 4.78 is 4.58. The van der Waals surface area contributed by atoms with Crippen molar-refractivity contribution in [2.24, 2.45) is 0 Å². The van der Waals surface area contributed by atoms with Crippen LogP contribution in [0.15, 0.2) is 146 Å². The third-order valence-corrected chi connectivity index (χ3v) is 8.36. The minimum absolute atomic E-state index is 0.929. The molecule has 0 radical (unpaired) electrons. The molecule has 0 atom stereocenters. The first-order chi connectivity index (χ1) is 20.9. The summed E-state index contributed by atoms with van der Waals surface area (Å²) in [6.45, 7) is 0. The molecule has 0 fully saturated rings. The molecule has 0 unspecified atom stereocenters. The topological polar surface area (TPSA) is 35.6 Å². The van der Waals surface area contributed by atoms with Gasteiger partial charge < -0.3 is 0 Å². The second-order valence-electron chi connectivity index (χ2n) is 10.7. The van der Waals surface area contributed by atoms with E-state index in [0.29, 0.717) is 0 Å². The van der Waals surface area contributed by atoms with E-state index < -0.39 is 0 Å². The van der Waals surface area contributed by atoms with Gasteiger partial charge in [0, 0.05) is 44.7 Å². The van der Waals surface area contributed by atoms with E-state index in [-0.39, 0.29) is 0 Å². The van der Waals surface area contributed by atoms with Crippen molar-refractivity contribution in [1.82, 2.24) is 19.1 Å². The fourth-order valence-corrected chi connectivity index (χ4v) is 6.55. The minimum Gasteiger partial charge on any atom is -0.294 e. The molecule has 0 bridgehead atoms. The molecule has 196 valence electrons. The monoisotopic (exact) mass is 536 g/mol. The van der Waals surface area contributed by atoms with E-state index in [2.05, 4.69) is 143 Å². The molecule has 0 spiro atoms. The zero-order chi connectivity index (χ0) is 27.6. The molecule has 0 saturated heterocycles. The molecule has 3 aromatic heterocycles. The zero-order valence-electron chi connectivity index (χ0n) is 22.6. The van der Waals surface area contributed by atoms with Gasteiger partial charge in [0.2, 0.25) is 0 Å². The Morgan fingerprint density at radius 1 is 0.429 bits per heavy atom. The van der Waals surface area contributed by atoms with Gasteiger partial charge in [-0.25, -0.2) is 9.97 Å². The first kappa shape index (κ1) is 23.0. The summed E-state index contributed by atoms with van der Waals surface area (Å²) in [5, 5.41) is 7.16. The number of pyridine rings is 1. The van der Waals surface area contributed by atoms with Crippen molar-refractivity contribution in [2.45, 2.75) is 0 Å². The van der Waals surface area contributed by atoms with E-state index in [4.69, 9.17) is 9.97 Å².